The standard InChI is InChI=1S/C24H29FN4O5S/c1-14-20(28-19-8-6-16(35(4,31)32)12-24(19,3)25)26-13-27-21(14)33-18-11-15-5-7-17(18)29(15)22(30)34-23(2)9-10-23/h5-8,13,15,17-18H,9-12H2,1-4H3,(H,26,27,28). The Labute approximate surface area is 204 Å². The Morgan fingerprint density at radius 1 is 1.23 bits per heavy atom. The molecule has 1 amide bonds. The lowest BCUT2D eigenvalue weighted by Crippen LogP contribution is -2.41. The molecule has 1 saturated carbocycles. The van der Waals surface area contributed by atoms with Crippen LogP contribution in [0.1, 0.15) is 45.1 Å². The maximum absolute atomic E-state index is 15.3. The molecule has 4 atom stereocenters. The van der Waals surface area contributed by atoms with Crippen molar-refractivity contribution >= 4 is 21.7 Å². The van der Waals surface area contributed by atoms with Gasteiger partial charge in [0.25, 0.3) is 0 Å². The summed E-state index contributed by atoms with van der Waals surface area (Å²) in [7, 11) is -3.48. The van der Waals surface area contributed by atoms with Crippen LogP contribution in [0, 0.1) is 6.92 Å². The Morgan fingerprint density at radius 2 is 1.97 bits per heavy atom. The van der Waals surface area contributed by atoms with E-state index in [2.05, 4.69) is 15.3 Å². The molecule has 2 fully saturated rings. The minimum absolute atomic E-state index is 0.0413. The number of nitrogens with zero attached hydrogens (tertiary/aromatic N) is 3. The van der Waals surface area contributed by atoms with E-state index in [1.807, 2.05) is 19.1 Å². The van der Waals surface area contributed by atoms with E-state index in [-0.39, 0.29) is 46.9 Å². The van der Waals surface area contributed by atoms with E-state index in [1.54, 1.807) is 11.8 Å². The van der Waals surface area contributed by atoms with Crippen LogP contribution in [0.4, 0.5) is 15.0 Å². The molecule has 2 bridgehead atoms. The fraction of sp³-hybridized carbons (Fsp3) is 0.542. The topological polar surface area (TPSA) is 111 Å². The molecule has 1 saturated heterocycles. The molecule has 0 spiro atoms. The van der Waals surface area contributed by atoms with Crippen molar-refractivity contribution < 1.29 is 27.1 Å². The number of carbonyl (C=O) groups is 1. The minimum atomic E-state index is -3.48. The summed E-state index contributed by atoms with van der Waals surface area (Å²) < 4.78 is 50.9. The number of ether oxygens (including phenoxy) is 2. The first-order chi connectivity index (χ1) is 16.4. The summed E-state index contributed by atoms with van der Waals surface area (Å²) >= 11 is 0. The fourth-order valence-electron chi connectivity index (χ4n) is 4.65. The molecule has 2 aliphatic carbocycles. The second-order valence-corrected chi connectivity index (χ2v) is 12.3. The Hall–Kier alpha value is -2.95. The number of nitrogens with one attached hydrogen (secondary N) is 1. The van der Waals surface area contributed by atoms with Gasteiger partial charge in [0, 0.05) is 24.0 Å². The minimum Gasteiger partial charge on any atom is -0.471 e. The van der Waals surface area contributed by atoms with Crippen LogP contribution in [0.25, 0.3) is 0 Å². The van der Waals surface area contributed by atoms with Crippen molar-refractivity contribution in [3.8, 4) is 5.88 Å². The van der Waals surface area contributed by atoms with E-state index in [1.165, 1.54) is 25.4 Å². The van der Waals surface area contributed by atoms with Gasteiger partial charge >= 0.3 is 6.09 Å². The molecule has 3 heterocycles. The molecule has 9 nitrogen and oxygen atoms in total. The van der Waals surface area contributed by atoms with Gasteiger partial charge in [-0.3, -0.25) is 4.90 Å². The Balaban J connectivity index is 1.32. The van der Waals surface area contributed by atoms with Gasteiger partial charge in [-0.25, -0.2) is 27.6 Å². The van der Waals surface area contributed by atoms with Gasteiger partial charge < -0.3 is 14.8 Å². The third kappa shape index (κ3) is 4.53. The molecule has 2 aliphatic heterocycles. The summed E-state index contributed by atoms with van der Waals surface area (Å²) in [4.78, 5) is 23.0. The molecular formula is C24H29FN4O5S. The van der Waals surface area contributed by atoms with E-state index < -0.39 is 15.5 Å². The highest BCUT2D eigenvalue weighted by atomic mass is 32.2. The van der Waals surface area contributed by atoms with Gasteiger partial charge in [0.05, 0.1) is 23.3 Å². The molecule has 11 heteroatoms. The Kier molecular flexibility index (Phi) is 5.46. The monoisotopic (exact) mass is 504 g/mol. The third-order valence-corrected chi connectivity index (χ3v) is 8.33. The average Bonchev–Trinajstić information content (AvgIpc) is 3.20. The van der Waals surface area contributed by atoms with Crippen molar-refractivity contribution in [3.63, 3.8) is 0 Å². The summed E-state index contributed by atoms with van der Waals surface area (Å²) in [5.74, 6) is 0.693. The number of hydrogen-bond donors (Lipinski definition) is 1. The number of carbonyl (C=O) groups excluding carboxylic acids is 1. The first-order valence-corrected chi connectivity index (χ1v) is 13.5. The van der Waals surface area contributed by atoms with Crippen molar-refractivity contribution in [3.05, 3.63) is 46.8 Å². The number of alkyl halides is 1. The molecule has 4 unspecified atom stereocenters. The molecule has 5 rings (SSSR count). The molecule has 4 aliphatic rings. The molecule has 188 valence electrons. The second-order valence-electron chi connectivity index (χ2n) is 10.2. The van der Waals surface area contributed by atoms with E-state index >= 15 is 4.39 Å². The van der Waals surface area contributed by atoms with Crippen LogP contribution in [0.3, 0.4) is 0 Å². The van der Waals surface area contributed by atoms with Crippen molar-refractivity contribution in [1.82, 2.24) is 14.9 Å². The predicted molar refractivity (Wildman–Crippen MR) is 127 cm³/mol. The average molecular weight is 505 g/mol. The number of rotatable bonds is 6. The summed E-state index contributed by atoms with van der Waals surface area (Å²) in [6.07, 6.45) is 10.7. The Morgan fingerprint density at radius 3 is 2.63 bits per heavy atom. The van der Waals surface area contributed by atoms with Crippen molar-refractivity contribution in [2.24, 2.45) is 0 Å². The molecule has 1 aromatic rings. The number of amides is 1. The van der Waals surface area contributed by atoms with E-state index in [0.717, 1.165) is 19.1 Å². The first kappa shape index (κ1) is 23.8. The van der Waals surface area contributed by atoms with Gasteiger partial charge in [-0.15, -0.1) is 0 Å². The normalized spacial score (nSPS) is 30.5. The number of halogens is 1. The third-order valence-electron chi connectivity index (χ3n) is 7.10. The highest BCUT2D eigenvalue weighted by Gasteiger charge is 2.51. The van der Waals surface area contributed by atoms with Gasteiger partial charge in [-0.05, 0) is 45.8 Å². The number of hydrogen-bond acceptors (Lipinski definition) is 8. The van der Waals surface area contributed by atoms with Crippen LogP contribution in [0.2, 0.25) is 0 Å². The van der Waals surface area contributed by atoms with Gasteiger partial charge in [0.15, 0.2) is 15.5 Å². The second kappa shape index (κ2) is 8.04. The van der Waals surface area contributed by atoms with Crippen LogP contribution in [-0.2, 0) is 14.6 Å². The van der Waals surface area contributed by atoms with Crippen LogP contribution in [0.5, 0.6) is 5.88 Å². The first-order valence-electron chi connectivity index (χ1n) is 11.6. The lowest BCUT2D eigenvalue weighted by Gasteiger charge is -2.29. The van der Waals surface area contributed by atoms with Crippen LogP contribution < -0.4 is 10.1 Å². The predicted octanol–water partition coefficient (Wildman–Crippen LogP) is 3.59. The number of anilines is 1. The number of allylic oxidation sites excluding steroid dienone is 4. The zero-order chi connectivity index (χ0) is 25.2. The van der Waals surface area contributed by atoms with Gasteiger partial charge in [0.1, 0.15) is 23.9 Å². The summed E-state index contributed by atoms with van der Waals surface area (Å²) in [5, 5.41) is 2.99. The molecule has 0 aromatic carbocycles. The molecule has 1 aromatic heterocycles. The van der Waals surface area contributed by atoms with Gasteiger partial charge in [-0.2, -0.15) is 0 Å². The fourth-order valence-corrected chi connectivity index (χ4v) is 5.49. The quantitative estimate of drug-likeness (QED) is 0.585. The lowest BCUT2D eigenvalue weighted by atomic mass is 9.95. The van der Waals surface area contributed by atoms with Gasteiger partial charge in [0.2, 0.25) is 5.88 Å². The lowest BCUT2D eigenvalue weighted by molar-refractivity contribution is 0.0512. The molecule has 35 heavy (non-hydrogen) atoms. The van der Waals surface area contributed by atoms with Crippen molar-refractivity contribution in [2.75, 3.05) is 11.6 Å². The largest absolute Gasteiger partial charge is 0.471 e. The van der Waals surface area contributed by atoms with Gasteiger partial charge in [-0.1, -0.05) is 12.2 Å². The smallest absolute Gasteiger partial charge is 0.411 e. The van der Waals surface area contributed by atoms with E-state index in [4.69, 9.17) is 9.47 Å². The Bertz CT molecular complexity index is 1270. The summed E-state index contributed by atoms with van der Waals surface area (Å²) in [5.41, 5.74) is -1.49. The number of sulfone groups is 1. The zero-order valence-electron chi connectivity index (χ0n) is 20.1. The van der Waals surface area contributed by atoms with Crippen LogP contribution in [0.15, 0.2) is 41.2 Å². The maximum atomic E-state index is 15.3. The summed E-state index contributed by atoms with van der Waals surface area (Å²) in [6.45, 7) is 5.03. The van der Waals surface area contributed by atoms with E-state index in [0.29, 0.717) is 23.7 Å². The molecule has 0 radical (unpaired) electrons. The number of fused-ring (bicyclic) bond motifs is 2. The highest BCUT2D eigenvalue weighted by molar-refractivity contribution is 7.94. The number of aromatic nitrogens is 2. The zero-order valence-corrected chi connectivity index (χ0v) is 20.9. The van der Waals surface area contributed by atoms with Crippen LogP contribution >= 0.6 is 0 Å². The van der Waals surface area contributed by atoms with Crippen molar-refractivity contribution in [2.45, 2.75) is 75.9 Å². The van der Waals surface area contributed by atoms with Crippen LogP contribution in [-0.4, -0.2) is 65.1 Å². The maximum Gasteiger partial charge on any atom is 0.411 e. The highest BCUT2D eigenvalue weighted by Crippen LogP contribution is 2.42. The molecular weight excluding hydrogens is 475 g/mol. The molecule has 1 N–H and O–H groups in total. The van der Waals surface area contributed by atoms with E-state index in [9.17, 15) is 13.2 Å². The van der Waals surface area contributed by atoms with Crippen molar-refractivity contribution in [1.29, 1.82) is 0 Å². The summed E-state index contributed by atoms with van der Waals surface area (Å²) in [6, 6.07) is -0.342. The SMILES string of the molecule is Cc1c(NC2=CC=C(S(C)(=O)=O)CC2(C)F)ncnc1OC1CC2C=CC1N2C(=O)OC1(C)CC1.